The SMILES string of the molecule is COc1cccc(CCl)c1OCc1c(C)cc(C)cc1C. The van der Waals surface area contributed by atoms with Gasteiger partial charge >= 0.3 is 0 Å². The van der Waals surface area contributed by atoms with E-state index in [-0.39, 0.29) is 0 Å². The monoisotopic (exact) mass is 304 g/mol. The summed E-state index contributed by atoms with van der Waals surface area (Å²) in [6.07, 6.45) is 0. The minimum absolute atomic E-state index is 0.401. The maximum Gasteiger partial charge on any atom is 0.166 e. The van der Waals surface area contributed by atoms with Gasteiger partial charge in [-0.3, -0.25) is 0 Å². The standard InChI is InChI=1S/C18H21ClO2/c1-12-8-13(2)16(14(3)9-12)11-21-18-15(10-19)6-5-7-17(18)20-4/h5-9H,10-11H2,1-4H3. The topological polar surface area (TPSA) is 18.5 Å². The Balaban J connectivity index is 2.28. The minimum Gasteiger partial charge on any atom is -0.493 e. The normalized spacial score (nSPS) is 10.5. The molecule has 0 radical (unpaired) electrons. The Labute approximate surface area is 131 Å². The Kier molecular flexibility index (Phi) is 5.13. The molecular weight excluding hydrogens is 284 g/mol. The van der Waals surface area contributed by atoms with E-state index in [2.05, 4.69) is 32.9 Å². The minimum atomic E-state index is 0.401. The summed E-state index contributed by atoms with van der Waals surface area (Å²) in [5.41, 5.74) is 5.92. The Morgan fingerprint density at radius 2 is 1.71 bits per heavy atom. The molecule has 0 saturated carbocycles. The average molecular weight is 305 g/mol. The summed E-state index contributed by atoms with van der Waals surface area (Å²) in [5, 5.41) is 0. The molecule has 21 heavy (non-hydrogen) atoms. The summed E-state index contributed by atoms with van der Waals surface area (Å²) in [7, 11) is 1.64. The lowest BCUT2D eigenvalue weighted by Crippen LogP contribution is -2.04. The highest BCUT2D eigenvalue weighted by atomic mass is 35.5. The van der Waals surface area contributed by atoms with E-state index in [1.165, 1.54) is 22.3 Å². The van der Waals surface area contributed by atoms with Crippen molar-refractivity contribution >= 4 is 11.6 Å². The van der Waals surface area contributed by atoms with Crippen LogP contribution in [-0.2, 0) is 12.5 Å². The van der Waals surface area contributed by atoms with Crippen LogP contribution in [0.15, 0.2) is 30.3 Å². The number of methoxy groups -OCH3 is 1. The van der Waals surface area contributed by atoms with E-state index >= 15 is 0 Å². The maximum absolute atomic E-state index is 6.03. The number of para-hydroxylation sites is 1. The molecule has 2 rings (SSSR count). The second kappa shape index (κ2) is 6.86. The van der Waals surface area contributed by atoms with Crippen LogP contribution in [0.2, 0.25) is 0 Å². The first-order valence-corrected chi connectivity index (χ1v) is 7.51. The summed E-state index contributed by atoms with van der Waals surface area (Å²) in [5.74, 6) is 1.85. The summed E-state index contributed by atoms with van der Waals surface area (Å²) in [4.78, 5) is 0. The Bertz CT molecular complexity index is 590. The van der Waals surface area contributed by atoms with Gasteiger partial charge in [-0.25, -0.2) is 0 Å². The summed E-state index contributed by atoms with van der Waals surface area (Å²) < 4.78 is 11.4. The molecule has 0 bridgehead atoms. The van der Waals surface area contributed by atoms with Crippen LogP contribution in [0.25, 0.3) is 0 Å². The predicted molar refractivity (Wildman–Crippen MR) is 87.5 cm³/mol. The van der Waals surface area contributed by atoms with E-state index in [1.807, 2.05) is 18.2 Å². The zero-order chi connectivity index (χ0) is 15.4. The molecule has 0 atom stereocenters. The fraction of sp³-hybridized carbons (Fsp3) is 0.333. The number of alkyl halides is 1. The van der Waals surface area contributed by atoms with E-state index in [4.69, 9.17) is 21.1 Å². The van der Waals surface area contributed by atoms with E-state index in [1.54, 1.807) is 7.11 Å². The molecule has 0 saturated heterocycles. The van der Waals surface area contributed by atoms with Gasteiger partial charge in [0.25, 0.3) is 0 Å². The van der Waals surface area contributed by atoms with Crippen molar-refractivity contribution in [3.05, 3.63) is 58.1 Å². The molecule has 0 unspecified atom stereocenters. The van der Waals surface area contributed by atoms with Gasteiger partial charge in [0.1, 0.15) is 6.61 Å². The van der Waals surface area contributed by atoms with Gasteiger partial charge in [0, 0.05) is 5.56 Å². The Hall–Kier alpha value is -1.67. The molecule has 0 fully saturated rings. The van der Waals surface area contributed by atoms with Crippen molar-refractivity contribution in [2.45, 2.75) is 33.3 Å². The molecule has 2 aromatic carbocycles. The maximum atomic E-state index is 6.03. The molecule has 2 nitrogen and oxygen atoms in total. The summed E-state index contributed by atoms with van der Waals surface area (Å²) >= 11 is 5.99. The molecule has 0 spiro atoms. The van der Waals surface area contributed by atoms with Crippen molar-refractivity contribution in [2.24, 2.45) is 0 Å². The van der Waals surface area contributed by atoms with E-state index < -0.39 is 0 Å². The molecule has 3 heteroatoms. The molecule has 2 aromatic rings. The molecule has 0 aliphatic heterocycles. The molecule has 0 aromatic heterocycles. The summed E-state index contributed by atoms with van der Waals surface area (Å²) in [6, 6.07) is 10.1. The number of benzene rings is 2. The second-order valence-electron chi connectivity index (χ2n) is 5.25. The molecule has 0 N–H and O–H groups in total. The fourth-order valence-electron chi connectivity index (χ4n) is 2.57. The molecule has 0 amide bonds. The van der Waals surface area contributed by atoms with Gasteiger partial charge < -0.3 is 9.47 Å². The number of rotatable bonds is 5. The summed E-state index contributed by atoms with van der Waals surface area (Å²) in [6.45, 7) is 6.85. The first-order chi connectivity index (χ1) is 10.1. The van der Waals surface area contributed by atoms with Crippen molar-refractivity contribution in [1.29, 1.82) is 0 Å². The van der Waals surface area contributed by atoms with Crippen LogP contribution in [0, 0.1) is 20.8 Å². The fourth-order valence-corrected chi connectivity index (χ4v) is 2.78. The van der Waals surface area contributed by atoms with Crippen molar-refractivity contribution in [3.8, 4) is 11.5 Å². The lowest BCUT2D eigenvalue weighted by molar-refractivity contribution is 0.281. The van der Waals surface area contributed by atoms with Gasteiger partial charge in [-0.15, -0.1) is 11.6 Å². The second-order valence-corrected chi connectivity index (χ2v) is 5.52. The highest BCUT2D eigenvalue weighted by molar-refractivity contribution is 6.17. The van der Waals surface area contributed by atoms with Crippen LogP contribution >= 0.6 is 11.6 Å². The highest BCUT2D eigenvalue weighted by Crippen LogP contribution is 2.33. The van der Waals surface area contributed by atoms with E-state index in [0.29, 0.717) is 12.5 Å². The first kappa shape index (κ1) is 15.7. The lowest BCUT2D eigenvalue weighted by atomic mass is 10.0. The van der Waals surface area contributed by atoms with Crippen LogP contribution in [0.1, 0.15) is 27.8 Å². The number of halogens is 1. The smallest absolute Gasteiger partial charge is 0.166 e. The van der Waals surface area contributed by atoms with E-state index in [0.717, 1.165) is 17.1 Å². The number of hydrogen-bond donors (Lipinski definition) is 0. The average Bonchev–Trinajstić information content (AvgIpc) is 2.45. The van der Waals surface area contributed by atoms with Crippen LogP contribution in [0.3, 0.4) is 0 Å². The molecule has 0 aliphatic carbocycles. The van der Waals surface area contributed by atoms with Gasteiger partial charge in [0.05, 0.1) is 13.0 Å². The molecule has 112 valence electrons. The van der Waals surface area contributed by atoms with Crippen molar-refractivity contribution in [1.82, 2.24) is 0 Å². The van der Waals surface area contributed by atoms with Crippen molar-refractivity contribution in [3.63, 3.8) is 0 Å². The number of ether oxygens (including phenoxy) is 2. The quantitative estimate of drug-likeness (QED) is 0.729. The molecule has 0 aliphatic rings. The number of hydrogen-bond acceptors (Lipinski definition) is 2. The van der Waals surface area contributed by atoms with Gasteiger partial charge in [-0.1, -0.05) is 29.8 Å². The molecular formula is C18H21ClO2. The zero-order valence-electron chi connectivity index (χ0n) is 13.0. The Morgan fingerprint density at radius 3 is 2.29 bits per heavy atom. The third-order valence-electron chi connectivity index (χ3n) is 3.63. The predicted octanol–water partition coefficient (Wildman–Crippen LogP) is 4.94. The largest absolute Gasteiger partial charge is 0.493 e. The van der Waals surface area contributed by atoms with Crippen LogP contribution < -0.4 is 9.47 Å². The molecule has 0 heterocycles. The van der Waals surface area contributed by atoms with Gasteiger partial charge in [0.2, 0.25) is 0 Å². The lowest BCUT2D eigenvalue weighted by Gasteiger charge is -2.16. The van der Waals surface area contributed by atoms with Gasteiger partial charge in [-0.05, 0) is 43.5 Å². The van der Waals surface area contributed by atoms with Gasteiger partial charge in [0.15, 0.2) is 11.5 Å². The van der Waals surface area contributed by atoms with Crippen molar-refractivity contribution in [2.75, 3.05) is 7.11 Å². The highest BCUT2D eigenvalue weighted by Gasteiger charge is 2.12. The third kappa shape index (κ3) is 3.51. The first-order valence-electron chi connectivity index (χ1n) is 6.98. The van der Waals surface area contributed by atoms with Crippen molar-refractivity contribution < 1.29 is 9.47 Å². The number of aryl methyl sites for hydroxylation is 3. The van der Waals surface area contributed by atoms with E-state index in [9.17, 15) is 0 Å². The van der Waals surface area contributed by atoms with Gasteiger partial charge in [-0.2, -0.15) is 0 Å². The Morgan fingerprint density at radius 1 is 1.05 bits per heavy atom. The third-order valence-corrected chi connectivity index (χ3v) is 3.91. The van der Waals surface area contributed by atoms with Crippen LogP contribution in [0.5, 0.6) is 11.5 Å². The zero-order valence-corrected chi connectivity index (χ0v) is 13.8. The van der Waals surface area contributed by atoms with Crippen LogP contribution in [-0.4, -0.2) is 7.11 Å². The van der Waals surface area contributed by atoms with Crippen LogP contribution in [0.4, 0.5) is 0 Å².